The monoisotopic (exact) mass is 302 g/mol. The average Bonchev–Trinajstić information content (AvgIpc) is 2.25. The predicted octanol–water partition coefficient (Wildman–Crippen LogP) is 1.14. The second kappa shape index (κ2) is 8.63. The first-order chi connectivity index (χ1) is 8.31. The zero-order valence-electron chi connectivity index (χ0n) is 10.7. The van der Waals surface area contributed by atoms with E-state index in [-0.39, 0.29) is 13.2 Å². The molecule has 2 atom stereocenters. The molecule has 0 aromatic heterocycles. The molecule has 0 bridgehead atoms. The molecule has 0 amide bonds. The summed E-state index contributed by atoms with van der Waals surface area (Å²) in [4.78, 5) is 11.5. The molecule has 0 aliphatic rings. The number of rotatable bonds is 9. The summed E-state index contributed by atoms with van der Waals surface area (Å²) in [6, 6.07) is 0. The van der Waals surface area contributed by atoms with Crippen molar-refractivity contribution < 1.29 is 31.2 Å². The zero-order valence-corrected chi connectivity index (χ0v) is 12.5. The first kappa shape index (κ1) is 17.6. The van der Waals surface area contributed by atoms with Gasteiger partial charge in [-0.2, -0.15) is 8.42 Å². The number of carbonyl (C=O) groups is 1. The number of carbonyl (C=O) groups excluding carboxylic acids is 1. The second-order valence-electron chi connectivity index (χ2n) is 3.45. The number of esters is 1. The van der Waals surface area contributed by atoms with Crippen LogP contribution in [0.2, 0.25) is 0 Å². The molecule has 0 spiro atoms. The van der Waals surface area contributed by atoms with E-state index in [9.17, 15) is 17.8 Å². The van der Waals surface area contributed by atoms with Crippen LogP contribution in [0.4, 0.5) is 0 Å². The topological polar surface area (TPSA) is 96.0 Å². The molecule has 0 heterocycles. The van der Waals surface area contributed by atoms with Crippen LogP contribution in [0, 0.1) is 0 Å². The average molecular weight is 302 g/mol. The van der Waals surface area contributed by atoms with Gasteiger partial charge < -0.3 is 9.26 Å². The molecule has 0 N–H and O–H groups in total. The number of hydrogen-bond donors (Lipinski definition) is 0. The first-order valence-corrected chi connectivity index (χ1v) is 8.74. The van der Waals surface area contributed by atoms with Gasteiger partial charge in [-0.3, -0.25) is 4.57 Å². The van der Waals surface area contributed by atoms with Gasteiger partial charge in [0, 0.05) is 0 Å². The van der Waals surface area contributed by atoms with E-state index in [4.69, 9.17) is 9.26 Å². The van der Waals surface area contributed by atoms with Gasteiger partial charge in [-0.1, -0.05) is 13.3 Å². The zero-order chi connectivity index (χ0) is 14.2. The Bertz CT molecular complexity index is 378. The molecule has 9 heteroatoms. The third-order valence-corrected chi connectivity index (χ3v) is 3.80. The summed E-state index contributed by atoms with van der Waals surface area (Å²) in [5.41, 5.74) is 0. The third kappa shape index (κ3) is 7.81. The highest BCUT2D eigenvalue weighted by Crippen LogP contribution is 2.32. The van der Waals surface area contributed by atoms with Gasteiger partial charge in [0.1, 0.15) is 0 Å². The fraction of sp³-hybridized carbons (Fsp3) is 0.889. The number of unbranched alkanes of at least 4 members (excludes halogenated alkanes) is 1. The van der Waals surface area contributed by atoms with Gasteiger partial charge in [0.25, 0.3) is 10.1 Å². The molecular formula is C9H19O7PS. The fourth-order valence-corrected chi connectivity index (χ4v) is 2.94. The van der Waals surface area contributed by atoms with E-state index < -0.39 is 30.0 Å². The normalized spacial score (nSPS) is 15.1. The minimum Gasteiger partial charge on any atom is -0.463 e. The molecule has 2 unspecified atom stereocenters. The van der Waals surface area contributed by atoms with E-state index in [0.717, 1.165) is 12.7 Å². The lowest BCUT2D eigenvalue weighted by Crippen LogP contribution is -2.26. The molecule has 108 valence electrons. The third-order valence-electron chi connectivity index (χ3n) is 1.73. The van der Waals surface area contributed by atoms with Crippen molar-refractivity contribution >= 4 is 24.1 Å². The Morgan fingerprint density at radius 2 is 1.94 bits per heavy atom. The molecule has 0 fully saturated rings. The number of hydrogen-bond acceptors (Lipinski definition) is 7. The van der Waals surface area contributed by atoms with Crippen LogP contribution in [0.25, 0.3) is 0 Å². The maximum Gasteiger partial charge on any atom is 0.346 e. The van der Waals surface area contributed by atoms with Gasteiger partial charge in [-0.15, -0.1) is 0 Å². The molecule has 0 saturated carbocycles. The lowest BCUT2D eigenvalue weighted by atomic mass is 10.4. The van der Waals surface area contributed by atoms with E-state index in [1.54, 1.807) is 6.92 Å². The molecule has 0 aliphatic carbocycles. The molecule has 0 rings (SSSR count). The van der Waals surface area contributed by atoms with Crippen LogP contribution in [-0.2, 0) is 32.9 Å². The van der Waals surface area contributed by atoms with E-state index in [1.165, 1.54) is 0 Å². The molecule has 0 aromatic carbocycles. The van der Waals surface area contributed by atoms with E-state index in [2.05, 4.69) is 4.18 Å². The minimum absolute atomic E-state index is 0.0870. The highest BCUT2D eigenvalue weighted by atomic mass is 32.2. The number of ether oxygens (including phenoxy) is 1. The van der Waals surface area contributed by atoms with E-state index >= 15 is 0 Å². The quantitative estimate of drug-likeness (QED) is 0.273. The van der Waals surface area contributed by atoms with Crippen molar-refractivity contribution in [2.75, 3.05) is 19.5 Å². The SMILES string of the molecule is CCCCOC(=O)C(OS(C)(=O)=O)[PH](=O)OCC. The van der Waals surface area contributed by atoms with Crippen molar-refractivity contribution in [2.45, 2.75) is 32.5 Å². The molecule has 7 nitrogen and oxygen atoms in total. The van der Waals surface area contributed by atoms with Crippen LogP contribution in [-0.4, -0.2) is 39.7 Å². The smallest absolute Gasteiger partial charge is 0.346 e. The minimum atomic E-state index is -3.92. The van der Waals surface area contributed by atoms with Crippen molar-refractivity contribution in [3.05, 3.63) is 0 Å². The van der Waals surface area contributed by atoms with Gasteiger partial charge >= 0.3 is 5.97 Å². The Balaban J connectivity index is 4.64. The summed E-state index contributed by atoms with van der Waals surface area (Å²) in [6.45, 7) is 3.69. The molecule has 0 saturated heterocycles. The highest BCUT2D eigenvalue weighted by molar-refractivity contribution is 7.86. The van der Waals surface area contributed by atoms with E-state index in [1.807, 2.05) is 6.92 Å². The maximum absolute atomic E-state index is 11.6. The Labute approximate surface area is 108 Å². The molecular weight excluding hydrogens is 283 g/mol. The lowest BCUT2D eigenvalue weighted by Gasteiger charge is -2.14. The Morgan fingerprint density at radius 1 is 1.33 bits per heavy atom. The molecule has 0 aliphatic heterocycles. The molecule has 0 aromatic rings. The van der Waals surface area contributed by atoms with Crippen molar-refractivity contribution in [2.24, 2.45) is 0 Å². The summed E-state index contributed by atoms with van der Waals surface area (Å²) < 4.78 is 47.5. The van der Waals surface area contributed by atoms with E-state index in [0.29, 0.717) is 6.42 Å². The first-order valence-electron chi connectivity index (χ1n) is 5.53. The van der Waals surface area contributed by atoms with Crippen LogP contribution >= 0.6 is 8.03 Å². The van der Waals surface area contributed by atoms with Gasteiger partial charge in [0.05, 0.1) is 19.5 Å². The Kier molecular flexibility index (Phi) is 8.43. The predicted molar refractivity (Wildman–Crippen MR) is 66.2 cm³/mol. The Morgan fingerprint density at radius 3 is 2.39 bits per heavy atom. The van der Waals surface area contributed by atoms with Crippen molar-refractivity contribution in [3.8, 4) is 0 Å². The lowest BCUT2D eigenvalue weighted by molar-refractivity contribution is -0.148. The second-order valence-corrected chi connectivity index (χ2v) is 6.51. The van der Waals surface area contributed by atoms with Crippen molar-refractivity contribution in [1.82, 2.24) is 0 Å². The van der Waals surface area contributed by atoms with Crippen molar-refractivity contribution in [1.29, 1.82) is 0 Å². The summed E-state index contributed by atoms with van der Waals surface area (Å²) in [6.07, 6.45) is 2.21. The largest absolute Gasteiger partial charge is 0.463 e. The summed E-state index contributed by atoms with van der Waals surface area (Å²) in [5, 5.41) is 0. The van der Waals surface area contributed by atoms with Gasteiger partial charge in [-0.25, -0.2) is 8.98 Å². The standard InChI is InChI=1S/C9H19O7PS/c1-4-6-7-14-8(10)9(16-18(3,12)13)17(11)15-5-2/h9,17H,4-7H2,1-3H3. The van der Waals surface area contributed by atoms with Gasteiger partial charge in [-0.05, 0) is 13.3 Å². The highest BCUT2D eigenvalue weighted by Gasteiger charge is 2.31. The van der Waals surface area contributed by atoms with Crippen molar-refractivity contribution in [3.63, 3.8) is 0 Å². The van der Waals surface area contributed by atoms with Crippen LogP contribution in [0.15, 0.2) is 0 Å². The fourth-order valence-electron chi connectivity index (χ4n) is 0.960. The summed E-state index contributed by atoms with van der Waals surface area (Å²) in [5.74, 6) is -2.69. The van der Waals surface area contributed by atoms with Crippen LogP contribution in [0.1, 0.15) is 26.7 Å². The molecule has 18 heavy (non-hydrogen) atoms. The van der Waals surface area contributed by atoms with Crippen LogP contribution < -0.4 is 0 Å². The summed E-state index contributed by atoms with van der Waals surface area (Å²) >= 11 is 0. The van der Waals surface area contributed by atoms with Crippen LogP contribution in [0.3, 0.4) is 0 Å². The maximum atomic E-state index is 11.6. The van der Waals surface area contributed by atoms with Crippen LogP contribution in [0.5, 0.6) is 0 Å². The van der Waals surface area contributed by atoms with Gasteiger partial charge in [0.2, 0.25) is 13.9 Å². The Hall–Kier alpha value is -0.430. The molecule has 0 radical (unpaired) electrons. The summed E-state index contributed by atoms with van der Waals surface area (Å²) in [7, 11) is -6.89. The van der Waals surface area contributed by atoms with Gasteiger partial charge in [0.15, 0.2) is 0 Å².